The fourth-order valence-electron chi connectivity index (χ4n) is 2.51. The molecule has 2 atom stereocenters. The zero-order valence-corrected chi connectivity index (χ0v) is 10.9. The second kappa shape index (κ2) is 4.97. The summed E-state index contributed by atoms with van der Waals surface area (Å²) >= 11 is 0. The van der Waals surface area contributed by atoms with Gasteiger partial charge in [-0.2, -0.15) is 5.26 Å². The van der Waals surface area contributed by atoms with Crippen LogP contribution in [0.25, 0.3) is 0 Å². The summed E-state index contributed by atoms with van der Waals surface area (Å²) < 4.78 is 5.52. The number of hydrogen-bond donors (Lipinski definition) is 0. The SMILES string of the molecule is N#Cc1ccc(OCCCN2C(=O)C3CC3C2=O)cc1. The Balaban J connectivity index is 1.43. The molecule has 1 saturated carbocycles. The van der Waals surface area contributed by atoms with Gasteiger partial charge in [0.1, 0.15) is 5.75 Å². The first-order chi connectivity index (χ1) is 9.70. The summed E-state index contributed by atoms with van der Waals surface area (Å²) in [5.74, 6) is 0.603. The van der Waals surface area contributed by atoms with Gasteiger partial charge in [0, 0.05) is 6.54 Å². The van der Waals surface area contributed by atoms with Crippen LogP contribution in [0, 0.1) is 23.2 Å². The van der Waals surface area contributed by atoms with Crippen LogP contribution in [0.15, 0.2) is 24.3 Å². The molecule has 5 nitrogen and oxygen atoms in total. The second-order valence-electron chi connectivity index (χ2n) is 5.11. The molecule has 2 aliphatic rings. The standard InChI is InChI=1S/C15H14N2O3/c16-9-10-2-4-11(5-3-10)20-7-1-6-17-14(18)12-8-13(12)15(17)19/h2-5,12-13H,1,6-8H2. The number of fused-ring (bicyclic) bond motifs is 1. The molecule has 1 heterocycles. The first-order valence-electron chi connectivity index (χ1n) is 6.69. The molecule has 1 aliphatic heterocycles. The van der Waals surface area contributed by atoms with Crippen molar-refractivity contribution in [2.45, 2.75) is 12.8 Å². The van der Waals surface area contributed by atoms with Crippen molar-refractivity contribution in [2.24, 2.45) is 11.8 Å². The van der Waals surface area contributed by atoms with Gasteiger partial charge in [-0.15, -0.1) is 0 Å². The number of hydrogen-bond acceptors (Lipinski definition) is 4. The van der Waals surface area contributed by atoms with Gasteiger partial charge < -0.3 is 4.74 Å². The zero-order chi connectivity index (χ0) is 14.1. The summed E-state index contributed by atoms with van der Waals surface area (Å²) in [4.78, 5) is 24.8. The van der Waals surface area contributed by atoms with E-state index in [-0.39, 0.29) is 23.7 Å². The Morgan fingerprint density at radius 2 is 1.85 bits per heavy atom. The van der Waals surface area contributed by atoms with Crippen LogP contribution < -0.4 is 4.74 Å². The van der Waals surface area contributed by atoms with Crippen LogP contribution in [0.3, 0.4) is 0 Å². The molecule has 1 aliphatic carbocycles. The average molecular weight is 270 g/mol. The van der Waals surface area contributed by atoms with Gasteiger partial charge in [0.2, 0.25) is 11.8 Å². The molecule has 1 aromatic carbocycles. The molecule has 2 fully saturated rings. The summed E-state index contributed by atoms with van der Waals surface area (Å²) in [7, 11) is 0. The van der Waals surface area contributed by atoms with Crippen molar-refractivity contribution in [3.63, 3.8) is 0 Å². The van der Waals surface area contributed by atoms with E-state index < -0.39 is 0 Å². The number of benzene rings is 1. The van der Waals surface area contributed by atoms with Crippen LogP contribution in [0.4, 0.5) is 0 Å². The molecule has 1 aromatic rings. The van der Waals surface area contributed by atoms with Crippen molar-refractivity contribution < 1.29 is 14.3 Å². The molecule has 0 aromatic heterocycles. The molecular formula is C15H14N2O3. The second-order valence-corrected chi connectivity index (χ2v) is 5.11. The Morgan fingerprint density at radius 1 is 1.20 bits per heavy atom. The highest BCUT2D eigenvalue weighted by Crippen LogP contribution is 2.46. The Morgan fingerprint density at radius 3 is 2.45 bits per heavy atom. The fourth-order valence-corrected chi connectivity index (χ4v) is 2.51. The maximum atomic E-state index is 11.7. The molecule has 102 valence electrons. The Hall–Kier alpha value is -2.35. The van der Waals surface area contributed by atoms with E-state index in [9.17, 15) is 9.59 Å². The monoisotopic (exact) mass is 270 g/mol. The lowest BCUT2D eigenvalue weighted by molar-refractivity contribution is -0.141. The average Bonchev–Trinajstić information content (AvgIpc) is 3.23. The first kappa shape index (κ1) is 12.7. The summed E-state index contributed by atoms with van der Waals surface area (Å²) in [6, 6.07) is 8.89. The number of likely N-dealkylation sites (tertiary alicyclic amines) is 1. The van der Waals surface area contributed by atoms with E-state index in [2.05, 4.69) is 0 Å². The van der Waals surface area contributed by atoms with E-state index in [0.29, 0.717) is 30.9 Å². The van der Waals surface area contributed by atoms with Gasteiger partial charge in [-0.25, -0.2) is 0 Å². The van der Waals surface area contributed by atoms with E-state index >= 15 is 0 Å². The molecule has 1 saturated heterocycles. The third-order valence-corrected chi connectivity index (χ3v) is 3.74. The summed E-state index contributed by atoms with van der Waals surface area (Å²) in [5.41, 5.74) is 0.588. The van der Waals surface area contributed by atoms with E-state index in [1.165, 1.54) is 4.90 Å². The molecule has 0 spiro atoms. The third-order valence-electron chi connectivity index (χ3n) is 3.74. The molecular weight excluding hydrogens is 256 g/mol. The lowest BCUT2D eigenvalue weighted by Gasteiger charge is -2.16. The largest absolute Gasteiger partial charge is 0.494 e. The smallest absolute Gasteiger partial charge is 0.233 e. The quantitative estimate of drug-likeness (QED) is 0.598. The van der Waals surface area contributed by atoms with Crippen molar-refractivity contribution in [2.75, 3.05) is 13.2 Å². The van der Waals surface area contributed by atoms with Crippen LogP contribution >= 0.6 is 0 Å². The molecule has 20 heavy (non-hydrogen) atoms. The topological polar surface area (TPSA) is 70.4 Å². The van der Waals surface area contributed by atoms with E-state index in [1.807, 2.05) is 6.07 Å². The molecule has 0 N–H and O–H groups in total. The van der Waals surface area contributed by atoms with Gasteiger partial charge in [0.25, 0.3) is 0 Å². The van der Waals surface area contributed by atoms with Gasteiger partial charge in [0.15, 0.2) is 0 Å². The number of carbonyl (C=O) groups excluding carboxylic acids is 2. The van der Waals surface area contributed by atoms with Crippen LogP contribution in [0.5, 0.6) is 5.75 Å². The highest BCUT2D eigenvalue weighted by atomic mass is 16.5. The van der Waals surface area contributed by atoms with Crippen molar-refractivity contribution in [3.05, 3.63) is 29.8 Å². The van der Waals surface area contributed by atoms with Gasteiger partial charge >= 0.3 is 0 Å². The Kier molecular flexibility index (Phi) is 3.15. The highest BCUT2D eigenvalue weighted by Gasteiger charge is 2.58. The van der Waals surface area contributed by atoms with Crippen molar-refractivity contribution in [1.82, 2.24) is 4.90 Å². The maximum absolute atomic E-state index is 11.7. The van der Waals surface area contributed by atoms with E-state index in [1.54, 1.807) is 24.3 Å². The number of piperidine rings is 1. The normalized spacial score (nSPS) is 23.4. The lowest BCUT2D eigenvalue weighted by Crippen LogP contribution is -2.34. The van der Waals surface area contributed by atoms with Crippen molar-refractivity contribution >= 4 is 11.8 Å². The summed E-state index contributed by atoms with van der Waals surface area (Å²) in [6.45, 7) is 0.874. The molecule has 2 unspecified atom stereocenters. The minimum atomic E-state index is -0.0260. The molecule has 0 bridgehead atoms. The van der Waals surface area contributed by atoms with Gasteiger partial charge in [0.05, 0.1) is 30.1 Å². The molecule has 3 rings (SSSR count). The van der Waals surface area contributed by atoms with Crippen molar-refractivity contribution in [1.29, 1.82) is 5.26 Å². The molecule has 2 amide bonds. The highest BCUT2D eigenvalue weighted by molar-refractivity contribution is 6.08. The number of ether oxygens (including phenoxy) is 1. The minimum absolute atomic E-state index is 0.0154. The van der Waals surface area contributed by atoms with Crippen LogP contribution in [0.1, 0.15) is 18.4 Å². The third kappa shape index (κ3) is 2.25. The van der Waals surface area contributed by atoms with Gasteiger partial charge in [-0.1, -0.05) is 0 Å². The number of carbonyl (C=O) groups is 2. The first-order valence-corrected chi connectivity index (χ1v) is 6.69. The predicted octanol–water partition coefficient (Wildman–Crippen LogP) is 1.33. The zero-order valence-electron chi connectivity index (χ0n) is 10.9. The van der Waals surface area contributed by atoms with E-state index in [4.69, 9.17) is 10.00 Å². The van der Waals surface area contributed by atoms with Gasteiger partial charge in [-0.3, -0.25) is 14.5 Å². The Bertz CT molecular complexity index is 568. The predicted molar refractivity (Wildman–Crippen MR) is 69.6 cm³/mol. The number of amides is 2. The lowest BCUT2D eigenvalue weighted by atomic mass is 10.2. The number of imide groups is 1. The van der Waals surface area contributed by atoms with Crippen LogP contribution in [-0.2, 0) is 9.59 Å². The summed E-state index contributed by atoms with van der Waals surface area (Å²) in [5, 5.41) is 8.68. The number of rotatable bonds is 5. The summed E-state index contributed by atoms with van der Waals surface area (Å²) in [6.07, 6.45) is 1.37. The fraction of sp³-hybridized carbons (Fsp3) is 0.400. The van der Waals surface area contributed by atoms with Crippen LogP contribution in [0.2, 0.25) is 0 Å². The number of nitriles is 1. The maximum Gasteiger partial charge on any atom is 0.233 e. The van der Waals surface area contributed by atoms with E-state index in [0.717, 1.165) is 6.42 Å². The molecule has 0 radical (unpaired) electrons. The number of nitrogens with zero attached hydrogens (tertiary/aromatic N) is 2. The minimum Gasteiger partial charge on any atom is -0.494 e. The Labute approximate surface area is 116 Å². The van der Waals surface area contributed by atoms with Crippen LogP contribution in [-0.4, -0.2) is 29.9 Å². The van der Waals surface area contributed by atoms with Crippen molar-refractivity contribution in [3.8, 4) is 11.8 Å². The molecule has 5 heteroatoms. The van der Waals surface area contributed by atoms with Gasteiger partial charge in [-0.05, 0) is 37.1 Å².